The second kappa shape index (κ2) is 8.70. The molecule has 0 radical (unpaired) electrons. The van der Waals surface area contributed by atoms with E-state index in [1.165, 1.54) is 0 Å². The van der Waals surface area contributed by atoms with Gasteiger partial charge in [-0.1, -0.05) is 18.6 Å². The lowest BCUT2D eigenvalue weighted by molar-refractivity contribution is -0.140. The maximum Gasteiger partial charge on any atom is 0.243 e. The van der Waals surface area contributed by atoms with Gasteiger partial charge >= 0.3 is 0 Å². The monoisotopic (exact) mass is 370 g/mol. The molecular weight excluding hydrogens is 344 g/mol. The Labute approximate surface area is 159 Å². The highest BCUT2D eigenvalue weighted by molar-refractivity contribution is 5.88. The molecule has 144 valence electrons. The lowest BCUT2D eigenvalue weighted by Crippen LogP contribution is -2.48. The van der Waals surface area contributed by atoms with Crippen LogP contribution in [0.15, 0.2) is 30.5 Å². The molecule has 1 unspecified atom stereocenters. The standard InChI is InChI=1S/C20H26N4O3/c1-14-16(12-22-23-14)11-21-20(26)18-8-3-4-9-19(25)24(18)13-15-6-5-7-17(10-15)27-2/h5-7,10,12,18H,3-4,8-9,11,13H2,1-2H3,(H,21,26)(H,22,23). The van der Waals surface area contributed by atoms with Crippen LogP contribution < -0.4 is 10.1 Å². The Bertz CT molecular complexity index is 802. The number of carbonyl (C=O) groups excluding carboxylic acids is 2. The van der Waals surface area contributed by atoms with Crippen LogP contribution in [0.1, 0.15) is 42.5 Å². The minimum Gasteiger partial charge on any atom is -0.497 e. The third kappa shape index (κ3) is 4.67. The maximum absolute atomic E-state index is 12.9. The number of ether oxygens (including phenoxy) is 1. The number of likely N-dealkylation sites (tertiary alicyclic amines) is 1. The Morgan fingerprint density at radius 3 is 3.00 bits per heavy atom. The van der Waals surface area contributed by atoms with Gasteiger partial charge in [-0.05, 0) is 37.5 Å². The molecule has 0 saturated carbocycles. The number of hydrogen-bond acceptors (Lipinski definition) is 4. The van der Waals surface area contributed by atoms with Crippen molar-refractivity contribution >= 4 is 11.8 Å². The summed E-state index contributed by atoms with van der Waals surface area (Å²) < 4.78 is 5.27. The topological polar surface area (TPSA) is 87.3 Å². The number of aromatic nitrogens is 2. The molecule has 0 aliphatic carbocycles. The molecule has 2 amide bonds. The quantitative estimate of drug-likeness (QED) is 0.817. The van der Waals surface area contributed by atoms with Crippen molar-refractivity contribution in [3.8, 4) is 5.75 Å². The largest absolute Gasteiger partial charge is 0.497 e. The van der Waals surface area contributed by atoms with E-state index in [1.54, 1.807) is 18.2 Å². The van der Waals surface area contributed by atoms with Gasteiger partial charge < -0.3 is 15.0 Å². The van der Waals surface area contributed by atoms with E-state index in [0.717, 1.165) is 35.4 Å². The zero-order valence-electron chi connectivity index (χ0n) is 15.8. The molecule has 2 heterocycles. The SMILES string of the molecule is COc1cccc(CN2C(=O)CCCCC2C(=O)NCc2cn[nH]c2C)c1. The molecular formula is C20H26N4O3. The Morgan fingerprint density at radius 2 is 2.26 bits per heavy atom. The second-order valence-electron chi connectivity index (χ2n) is 6.87. The molecule has 1 fully saturated rings. The zero-order chi connectivity index (χ0) is 19.2. The third-order valence-corrected chi connectivity index (χ3v) is 4.99. The van der Waals surface area contributed by atoms with E-state index in [-0.39, 0.29) is 11.8 Å². The molecule has 2 aromatic rings. The first kappa shape index (κ1) is 18.9. The summed E-state index contributed by atoms with van der Waals surface area (Å²) in [5, 5.41) is 9.80. The summed E-state index contributed by atoms with van der Waals surface area (Å²) >= 11 is 0. The predicted octanol–water partition coefficient (Wildman–Crippen LogP) is 2.31. The summed E-state index contributed by atoms with van der Waals surface area (Å²) in [6.45, 7) is 2.72. The number of hydrogen-bond donors (Lipinski definition) is 2. The summed E-state index contributed by atoms with van der Waals surface area (Å²) in [5.41, 5.74) is 2.83. The van der Waals surface area contributed by atoms with Crippen LogP contribution in [-0.4, -0.2) is 40.1 Å². The van der Waals surface area contributed by atoms with Crippen molar-refractivity contribution < 1.29 is 14.3 Å². The van der Waals surface area contributed by atoms with E-state index in [4.69, 9.17) is 4.74 Å². The molecule has 27 heavy (non-hydrogen) atoms. The van der Waals surface area contributed by atoms with Crippen molar-refractivity contribution in [2.24, 2.45) is 0 Å². The number of carbonyl (C=O) groups is 2. The van der Waals surface area contributed by atoms with E-state index < -0.39 is 6.04 Å². The van der Waals surface area contributed by atoms with Gasteiger partial charge in [0.25, 0.3) is 0 Å². The number of benzene rings is 1. The van der Waals surface area contributed by atoms with E-state index in [9.17, 15) is 9.59 Å². The Balaban J connectivity index is 1.73. The first-order valence-corrected chi connectivity index (χ1v) is 9.27. The van der Waals surface area contributed by atoms with Crippen LogP contribution in [0.5, 0.6) is 5.75 Å². The van der Waals surface area contributed by atoms with Crippen LogP contribution in [0.4, 0.5) is 0 Å². The Morgan fingerprint density at radius 1 is 1.41 bits per heavy atom. The predicted molar refractivity (Wildman–Crippen MR) is 101 cm³/mol. The highest BCUT2D eigenvalue weighted by Crippen LogP contribution is 2.22. The van der Waals surface area contributed by atoms with Crippen LogP contribution >= 0.6 is 0 Å². The lowest BCUT2D eigenvalue weighted by atomic mass is 10.1. The molecule has 1 aliphatic heterocycles. The molecule has 2 N–H and O–H groups in total. The van der Waals surface area contributed by atoms with Crippen LogP contribution in [0, 0.1) is 6.92 Å². The van der Waals surface area contributed by atoms with Gasteiger partial charge in [-0.2, -0.15) is 5.10 Å². The fraction of sp³-hybridized carbons (Fsp3) is 0.450. The molecule has 1 aromatic carbocycles. The summed E-state index contributed by atoms with van der Waals surface area (Å²) in [6.07, 6.45) is 4.55. The van der Waals surface area contributed by atoms with Gasteiger partial charge in [0.2, 0.25) is 11.8 Å². The number of aryl methyl sites for hydroxylation is 1. The van der Waals surface area contributed by atoms with Crippen LogP contribution in [0.2, 0.25) is 0 Å². The van der Waals surface area contributed by atoms with Crippen LogP contribution in [-0.2, 0) is 22.7 Å². The first-order valence-electron chi connectivity index (χ1n) is 9.27. The molecule has 0 spiro atoms. The highest BCUT2D eigenvalue weighted by atomic mass is 16.5. The molecule has 0 bridgehead atoms. The van der Waals surface area contributed by atoms with Crippen molar-refractivity contribution in [2.45, 2.75) is 51.7 Å². The molecule has 3 rings (SSSR count). The first-order chi connectivity index (χ1) is 13.1. The molecule has 7 heteroatoms. The van der Waals surface area contributed by atoms with E-state index >= 15 is 0 Å². The number of rotatable bonds is 6. The summed E-state index contributed by atoms with van der Waals surface area (Å²) in [7, 11) is 1.62. The number of methoxy groups -OCH3 is 1. The average Bonchev–Trinajstić information content (AvgIpc) is 3.00. The van der Waals surface area contributed by atoms with Gasteiger partial charge in [0, 0.05) is 30.8 Å². The maximum atomic E-state index is 12.9. The minimum absolute atomic E-state index is 0.0231. The molecule has 1 saturated heterocycles. The number of nitrogens with zero attached hydrogens (tertiary/aromatic N) is 2. The average molecular weight is 370 g/mol. The molecule has 1 aromatic heterocycles. The van der Waals surface area contributed by atoms with Gasteiger partial charge in [0.1, 0.15) is 11.8 Å². The number of amides is 2. The van der Waals surface area contributed by atoms with Crippen molar-refractivity contribution in [3.05, 3.63) is 47.3 Å². The van der Waals surface area contributed by atoms with Crippen molar-refractivity contribution in [1.29, 1.82) is 0 Å². The third-order valence-electron chi connectivity index (χ3n) is 4.99. The highest BCUT2D eigenvalue weighted by Gasteiger charge is 2.31. The van der Waals surface area contributed by atoms with Gasteiger partial charge in [0.15, 0.2) is 0 Å². The zero-order valence-corrected chi connectivity index (χ0v) is 15.8. The molecule has 1 aliphatic rings. The van der Waals surface area contributed by atoms with E-state index in [2.05, 4.69) is 15.5 Å². The Kier molecular flexibility index (Phi) is 6.11. The number of nitrogens with one attached hydrogen (secondary N) is 2. The van der Waals surface area contributed by atoms with Gasteiger partial charge in [-0.3, -0.25) is 14.7 Å². The summed E-state index contributed by atoms with van der Waals surface area (Å²) in [6, 6.07) is 7.16. The minimum atomic E-state index is -0.460. The molecule has 1 atom stereocenters. The summed E-state index contributed by atoms with van der Waals surface area (Å²) in [5.74, 6) is 0.648. The summed E-state index contributed by atoms with van der Waals surface area (Å²) in [4.78, 5) is 27.2. The van der Waals surface area contributed by atoms with Gasteiger partial charge in [0.05, 0.1) is 13.3 Å². The molecule has 7 nitrogen and oxygen atoms in total. The second-order valence-corrected chi connectivity index (χ2v) is 6.87. The van der Waals surface area contributed by atoms with E-state index in [0.29, 0.717) is 25.9 Å². The van der Waals surface area contributed by atoms with Crippen molar-refractivity contribution in [2.75, 3.05) is 7.11 Å². The fourth-order valence-electron chi connectivity index (χ4n) is 3.38. The van der Waals surface area contributed by atoms with Crippen LogP contribution in [0.3, 0.4) is 0 Å². The smallest absolute Gasteiger partial charge is 0.243 e. The van der Waals surface area contributed by atoms with Crippen molar-refractivity contribution in [1.82, 2.24) is 20.4 Å². The number of aromatic amines is 1. The van der Waals surface area contributed by atoms with Gasteiger partial charge in [-0.25, -0.2) is 0 Å². The fourth-order valence-corrected chi connectivity index (χ4v) is 3.38. The Hall–Kier alpha value is -2.83. The normalized spacial score (nSPS) is 17.5. The lowest BCUT2D eigenvalue weighted by Gasteiger charge is -2.29. The van der Waals surface area contributed by atoms with E-state index in [1.807, 2.05) is 31.2 Å². The van der Waals surface area contributed by atoms with Gasteiger partial charge in [-0.15, -0.1) is 0 Å². The van der Waals surface area contributed by atoms with Crippen LogP contribution in [0.25, 0.3) is 0 Å². The van der Waals surface area contributed by atoms with Crippen molar-refractivity contribution in [3.63, 3.8) is 0 Å². The number of H-pyrrole nitrogens is 1.